The quantitative estimate of drug-likeness (QED) is 0.856. The van der Waals surface area contributed by atoms with Crippen molar-refractivity contribution in [3.05, 3.63) is 24.2 Å². The van der Waals surface area contributed by atoms with Crippen LogP contribution >= 0.6 is 0 Å². The van der Waals surface area contributed by atoms with Gasteiger partial charge in [0.05, 0.1) is 18.7 Å². The Balaban J connectivity index is 1.40. The fraction of sp³-hybridized carbons (Fsp3) is 0.647. The Morgan fingerprint density at radius 3 is 2.87 bits per heavy atom. The molecule has 1 atom stereocenters. The molecule has 0 radical (unpaired) electrons. The fourth-order valence-electron chi connectivity index (χ4n) is 3.36. The van der Waals surface area contributed by atoms with Crippen molar-refractivity contribution in [1.82, 2.24) is 15.1 Å². The lowest BCUT2D eigenvalue weighted by Gasteiger charge is -2.26. The number of amides is 2. The van der Waals surface area contributed by atoms with Crippen molar-refractivity contribution in [2.45, 2.75) is 32.2 Å². The summed E-state index contributed by atoms with van der Waals surface area (Å²) in [5.74, 6) is 0.540. The average molecular weight is 319 g/mol. The van der Waals surface area contributed by atoms with Crippen LogP contribution in [0.5, 0.6) is 0 Å². The van der Waals surface area contributed by atoms with E-state index in [-0.39, 0.29) is 17.7 Å². The molecular weight excluding hydrogens is 294 g/mol. The Kier molecular flexibility index (Phi) is 5.33. The minimum Gasteiger partial charge on any atom is -0.467 e. The van der Waals surface area contributed by atoms with Gasteiger partial charge in [0.25, 0.3) is 0 Å². The molecule has 2 amide bonds. The van der Waals surface area contributed by atoms with Gasteiger partial charge in [-0.3, -0.25) is 9.59 Å². The monoisotopic (exact) mass is 319 g/mol. The molecule has 1 aromatic rings. The van der Waals surface area contributed by atoms with E-state index in [0.717, 1.165) is 25.4 Å². The van der Waals surface area contributed by atoms with Crippen LogP contribution in [0.15, 0.2) is 22.8 Å². The number of hydrogen-bond acceptors (Lipinski definition) is 4. The molecule has 1 N–H and O–H groups in total. The Hall–Kier alpha value is -1.82. The maximum Gasteiger partial charge on any atom is 0.225 e. The topological polar surface area (TPSA) is 65.8 Å². The second kappa shape index (κ2) is 7.64. The van der Waals surface area contributed by atoms with E-state index in [1.54, 1.807) is 17.2 Å². The predicted octanol–water partition coefficient (Wildman–Crippen LogP) is 1.23. The highest BCUT2D eigenvalue weighted by molar-refractivity contribution is 5.89. The number of piperidine rings is 1. The number of likely N-dealkylation sites (tertiary alicyclic amines) is 2. The summed E-state index contributed by atoms with van der Waals surface area (Å²) in [6.45, 7) is 4.77. The van der Waals surface area contributed by atoms with Crippen LogP contribution in [-0.2, 0) is 16.1 Å². The molecule has 0 unspecified atom stereocenters. The third kappa shape index (κ3) is 4.34. The van der Waals surface area contributed by atoms with Crippen molar-refractivity contribution in [1.29, 1.82) is 0 Å². The van der Waals surface area contributed by atoms with Gasteiger partial charge < -0.3 is 19.5 Å². The van der Waals surface area contributed by atoms with Gasteiger partial charge in [0, 0.05) is 26.1 Å². The molecule has 2 aliphatic rings. The van der Waals surface area contributed by atoms with Crippen LogP contribution in [0.1, 0.15) is 31.4 Å². The van der Waals surface area contributed by atoms with Crippen LogP contribution in [-0.4, -0.2) is 54.3 Å². The lowest BCUT2D eigenvalue weighted by molar-refractivity contribution is -0.129. The van der Waals surface area contributed by atoms with E-state index >= 15 is 0 Å². The van der Waals surface area contributed by atoms with Gasteiger partial charge in [0.2, 0.25) is 11.8 Å². The third-order valence-corrected chi connectivity index (χ3v) is 4.69. The summed E-state index contributed by atoms with van der Waals surface area (Å²) in [6.07, 6.45) is 5.73. The molecule has 0 saturated carbocycles. The highest BCUT2D eigenvalue weighted by Gasteiger charge is 2.34. The molecule has 0 aromatic carbocycles. The molecule has 6 heteroatoms. The molecule has 3 heterocycles. The molecule has 1 aromatic heterocycles. The van der Waals surface area contributed by atoms with Gasteiger partial charge in [-0.15, -0.1) is 0 Å². The molecule has 6 nitrogen and oxygen atoms in total. The average Bonchev–Trinajstić information content (AvgIpc) is 3.19. The SMILES string of the molecule is O=C(NCCN1CCCCC1)[C@H]1CC(=O)N(Cc2ccco2)C1. The van der Waals surface area contributed by atoms with Gasteiger partial charge in [-0.25, -0.2) is 0 Å². The first kappa shape index (κ1) is 16.1. The van der Waals surface area contributed by atoms with Crippen LogP contribution in [0.4, 0.5) is 0 Å². The number of furan rings is 1. The molecule has 2 aliphatic heterocycles. The first-order valence-electron chi connectivity index (χ1n) is 8.52. The van der Waals surface area contributed by atoms with E-state index in [9.17, 15) is 9.59 Å². The van der Waals surface area contributed by atoms with Crippen molar-refractivity contribution >= 4 is 11.8 Å². The van der Waals surface area contributed by atoms with Crippen LogP contribution in [0.25, 0.3) is 0 Å². The van der Waals surface area contributed by atoms with E-state index < -0.39 is 0 Å². The number of rotatable bonds is 6. The minimum atomic E-state index is -0.237. The van der Waals surface area contributed by atoms with Crippen LogP contribution in [0.2, 0.25) is 0 Å². The number of carbonyl (C=O) groups excluding carboxylic acids is 2. The Morgan fingerprint density at radius 2 is 2.13 bits per heavy atom. The van der Waals surface area contributed by atoms with Crippen molar-refractivity contribution in [3.8, 4) is 0 Å². The van der Waals surface area contributed by atoms with Crippen molar-refractivity contribution in [3.63, 3.8) is 0 Å². The van der Waals surface area contributed by atoms with Crippen molar-refractivity contribution in [2.24, 2.45) is 5.92 Å². The first-order chi connectivity index (χ1) is 11.2. The van der Waals surface area contributed by atoms with Gasteiger partial charge in [-0.1, -0.05) is 6.42 Å². The minimum absolute atomic E-state index is 0.00250. The molecule has 0 spiro atoms. The van der Waals surface area contributed by atoms with Gasteiger partial charge >= 0.3 is 0 Å². The zero-order valence-electron chi connectivity index (χ0n) is 13.5. The number of nitrogens with zero attached hydrogens (tertiary/aromatic N) is 2. The molecule has 23 heavy (non-hydrogen) atoms. The predicted molar refractivity (Wildman–Crippen MR) is 85.5 cm³/mol. The molecule has 3 rings (SSSR count). The molecular formula is C17H25N3O3. The highest BCUT2D eigenvalue weighted by Crippen LogP contribution is 2.20. The lowest BCUT2D eigenvalue weighted by Crippen LogP contribution is -2.40. The molecule has 2 saturated heterocycles. The number of carbonyl (C=O) groups is 2. The van der Waals surface area contributed by atoms with Crippen LogP contribution in [0, 0.1) is 5.92 Å². The largest absolute Gasteiger partial charge is 0.467 e. The van der Waals surface area contributed by atoms with E-state index in [1.807, 2.05) is 6.07 Å². The van der Waals surface area contributed by atoms with E-state index in [4.69, 9.17) is 4.42 Å². The van der Waals surface area contributed by atoms with Crippen LogP contribution in [0.3, 0.4) is 0 Å². The molecule has 0 bridgehead atoms. The first-order valence-corrected chi connectivity index (χ1v) is 8.52. The summed E-state index contributed by atoms with van der Waals surface area (Å²) in [6, 6.07) is 3.65. The normalized spacial score (nSPS) is 22.5. The summed E-state index contributed by atoms with van der Waals surface area (Å²) in [7, 11) is 0. The molecule has 2 fully saturated rings. The lowest BCUT2D eigenvalue weighted by atomic mass is 10.1. The number of hydrogen-bond donors (Lipinski definition) is 1. The summed E-state index contributed by atoms with van der Waals surface area (Å²) < 4.78 is 5.27. The van der Waals surface area contributed by atoms with E-state index in [0.29, 0.717) is 26.1 Å². The summed E-state index contributed by atoms with van der Waals surface area (Å²) in [5, 5.41) is 2.99. The molecule has 126 valence electrons. The Labute approximate surface area is 136 Å². The summed E-state index contributed by atoms with van der Waals surface area (Å²) >= 11 is 0. The zero-order valence-corrected chi connectivity index (χ0v) is 13.5. The van der Waals surface area contributed by atoms with Gasteiger partial charge in [0.15, 0.2) is 0 Å². The zero-order chi connectivity index (χ0) is 16.1. The molecule has 0 aliphatic carbocycles. The smallest absolute Gasteiger partial charge is 0.225 e. The highest BCUT2D eigenvalue weighted by atomic mass is 16.3. The van der Waals surface area contributed by atoms with E-state index in [2.05, 4.69) is 10.2 Å². The fourth-order valence-corrected chi connectivity index (χ4v) is 3.36. The van der Waals surface area contributed by atoms with Gasteiger partial charge in [-0.05, 0) is 38.1 Å². The second-order valence-corrected chi connectivity index (χ2v) is 6.45. The van der Waals surface area contributed by atoms with Gasteiger partial charge in [-0.2, -0.15) is 0 Å². The summed E-state index contributed by atoms with van der Waals surface area (Å²) in [5.41, 5.74) is 0. The maximum absolute atomic E-state index is 12.2. The van der Waals surface area contributed by atoms with E-state index in [1.165, 1.54) is 19.3 Å². The maximum atomic E-state index is 12.2. The van der Waals surface area contributed by atoms with Crippen LogP contribution < -0.4 is 5.32 Å². The van der Waals surface area contributed by atoms with Crippen molar-refractivity contribution < 1.29 is 14.0 Å². The van der Waals surface area contributed by atoms with Crippen molar-refractivity contribution in [2.75, 3.05) is 32.7 Å². The third-order valence-electron chi connectivity index (χ3n) is 4.69. The second-order valence-electron chi connectivity index (χ2n) is 6.45. The van der Waals surface area contributed by atoms with Gasteiger partial charge in [0.1, 0.15) is 5.76 Å². The Morgan fingerprint density at radius 1 is 1.30 bits per heavy atom. The number of nitrogens with one attached hydrogen (secondary N) is 1. The standard InChI is InChI=1S/C17H25N3O3/c21-16-11-14(12-20(16)13-15-5-4-10-23-15)17(22)18-6-9-19-7-2-1-3-8-19/h4-5,10,14H,1-3,6-9,11-13H2,(H,18,22)/t14-/m0/s1. The summed E-state index contributed by atoms with van der Waals surface area (Å²) in [4.78, 5) is 28.4. The Bertz CT molecular complexity index is 523.